The minimum Gasteiger partial charge on any atom is -0.449 e. The molecule has 3 rings (SSSR count). The quantitative estimate of drug-likeness (QED) is 0.605. The second-order valence-corrected chi connectivity index (χ2v) is 6.48. The van der Waals surface area contributed by atoms with Crippen LogP contribution in [0.4, 0.5) is 0 Å². The van der Waals surface area contributed by atoms with Crippen molar-refractivity contribution in [2.75, 3.05) is 14.1 Å². The Kier molecular flexibility index (Phi) is 5.62. The molecule has 0 fully saturated rings. The maximum absolute atomic E-state index is 12.6. The van der Waals surface area contributed by atoms with Gasteiger partial charge in [-0.1, -0.05) is 54.1 Å². The lowest BCUT2D eigenvalue weighted by atomic mass is 10.1. The van der Waals surface area contributed by atoms with E-state index in [4.69, 9.17) is 20.8 Å². The molecule has 5 nitrogen and oxygen atoms in total. The third kappa shape index (κ3) is 4.20. The highest BCUT2D eigenvalue weighted by Gasteiger charge is 2.28. The summed E-state index contributed by atoms with van der Waals surface area (Å²) in [7, 11) is 3.21. The number of carbonyl (C=O) groups is 2. The fourth-order valence-corrected chi connectivity index (χ4v) is 2.77. The van der Waals surface area contributed by atoms with Crippen molar-refractivity contribution in [3.05, 3.63) is 83.1 Å². The van der Waals surface area contributed by atoms with Crippen LogP contribution in [0.3, 0.4) is 0 Å². The van der Waals surface area contributed by atoms with Crippen molar-refractivity contribution in [1.82, 2.24) is 4.90 Å². The molecule has 3 aromatic rings. The lowest BCUT2D eigenvalue weighted by Gasteiger charge is -2.20. The Morgan fingerprint density at radius 1 is 0.963 bits per heavy atom. The Morgan fingerprint density at radius 2 is 1.63 bits per heavy atom. The Hall–Kier alpha value is -3.05. The maximum atomic E-state index is 12.6. The molecule has 0 bridgehead atoms. The van der Waals surface area contributed by atoms with Crippen molar-refractivity contribution in [3.63, 3.8) is 0 Å². The molecule has 0 aliphatic rings. The van der Waals surface area contributed by atoms with Crippen LogP contribution in [-0.2, 0) is 9.53 Å². The molecule has 1 heterocycles. The lowest BCUT2D eigenvalue weighted by molar-refractivity contribution is -0.138. The summed E-state index contributed by atoms with van der Waals surface area (Å²) in [6.45, 7) is 0. The summed E-state index contributed by atoms with van der Waals surface area (Å²) in [5, 5.41) is 0.511. The molecule has 0 saturated heterocycles. The second kappa shape index (κ2) is 8.10. The summed E-state index contributed by atoms with van der Waals surface area (Å²) in [4.78, 5) is 26.4. The molecule has 0 unspecified atom stereocenters. The topological polar surface area (TPSA) is 59.8 Å². The van der Waals surface area contributed by atoms with Crippen LogP contribution in [0.5, 0.6) is 0 Å². The molecular formula is C21H18ClNO4. The molecule has 1 amide bonds. The van der Waals surface area contributed by atoms with Gasteiger partial charge in [0.05, 0.1) is 5.02 Å². The minimum atomic E-state index is -1.05. The maximum Gasteiger partial charge on any atom is 0.375 e. The molecule has 0 spiro atoms. The number of hydrogen-bond donors (Lipinski definition) is 0. The summed E-state index contributed by atoms with van der Waals surface area (Å²) in [6.07, 6.45) is -1.05. The summed E-state index contributed by atoms with van der Waals surface area (Å²) >= 11 is 6.16. The Balaban J connectivity index is 1.84. The zero-order valence-corrected chi connectivity index (χ0v) is 15.6. The molecule has 0 aliphatic carbocycles. The zero-order chi connectivity index (χ0) is 19.4. The molecule has 1 atom stereocenters. The van der Waals surface area contributed by atoms with Crippen LogP contribution >= 0.6 is 11.6 Å². The van der Waals surface area contributed by atoms with Gasteiger partial charge in [-0.3, -0.25) is 4.79 Å². The smallest absolute Gasteiger partial charge is 0.375 e. The number of rotatable bonds is 5. The van der Waals surface area contributed by atoms with E-state index in [1.807, 2.05) is 12.1 Å². The van der Waals surface area contributed by atoms with E-state index in [1.54, 1.807) is 62.6 Å². The largest absolute Gasteiger partial charge is 0.449 e. The molecule has 2 aromatic carbocycles. The third-order valence-corrected chi connectivity index (χ3v) is 4.27. The van der Waals surface area contributed by atoms with Crippen LogP contribution in [0.1, 0.15) is 22.2 Å². The van der Waals surface area contributed by atoms with Crippen LogP contribution in [0.15, 0.2) is 71.1 Å². The van der Waals surface area contributed by atoms with E-state index in [2.05, 4.69) is 0 Å². The first kappa shape index (κ1) is 18.7. The van der Waals surface area contributed by atoms with Crippen molar-refractivity contribution in [2.45, 2.75) is 6.10 Å². The van der Waals surface area contributed by atoms with Gasteiger partial charge in [0.1, 0.15) is 5.76 Å². The van der Waals surface area contributed by atoms with Gasteiger partial charge in [0.15, 0.2) is 0 Å². The van der Waals surface area contributed by atoms with Gasteiger partial charge in [-0.25, -0.2) is 4.79 Å². The first-order valence-corrected chi connectivity index (χ1v) is 8.67. The fourth-order valence-electron chi connectivity index (χ4n) is 2.54. The highest BCUT2D eigenvalue weighted by Crippen LogP contribution is 2.30. The number of nitrogens with zero attached hydrogens (tertiary/aromatic N) is 1. The number of amides is 1. The lowest BCUT2D eigenvalue weighted by Crippen LogP contribution is -2.31. The first-order chi connectivity index (χ1) is 13.0. The summed E-state index contributed by atoms with van der Waals surface area (Å²) in [6, 6.07) is 19.1. The predicted octanol–water partition coefficient (Wildman–Crippen LogP) is 4.59. The second-order valence-electron chi connectivity index (χ2n) is 6.07. The molecule has 0 N–H and O–H groups in total. The highest BCUT2D eigenvalue weighted by molar-refractivity contribution is 6.33. The molecule has 0 saturated carbocycles. The van der Waals surface area contributed by atoms with Crippen LogP contribution in [0.2, 0.25) is 5.02 Å². The van der Waals surface area contributed by atoms with Crippen LogP contribution in [-0.4, -0.2) is 30.9 Å². The van der Waals surface area contributed by atoms with Gasteiger partial charge in [0.2, 0.25) is 11.9 Å². The number of furan rings is 1. The van der Waals surface area contributed by atoms with Crippen molar-refractivity contribution < 1.29 is 18.7 Å². The van der Waals surface area contributed by atoms with Crippen molar-refractivity contribution in [2.24, 2.45) is 0 Å². The first-order valence-electron chi connectivity index (χ1n) is 8.29. The Bertz CT molecular complexity index is 950. The van der Waals surface area contributed by atoms with E-state index in [0.29, 0.717) is 21.9 Å². The third-order valence-electron chi connectivity index (χ3n) is 3.94. The van der Waals surface area contributed by atoms with E-state index in [9.17, 15) is 9.59 Å². The molecule has 0 radical (unpaired) electrons. The number of benzene rings is 2. The molecule has 1 aromatic heterocycles. The number of carbonyl (C=O) groups excluding carboxylic acids is 2. The Morgan fingerprint density at radius 3 is 2.30 bits per heavy atom. The van der Waals surface area contributed by atoms with Crippen molar-refractivity contribution in [1.29, 1.82) is 0 Å². The highest BCUT2D eigenvalue weighted by atomic mass is 35.5. The minimum absolute atomic E-state index is 0.00240. The van der Waals surface area contributed by atoms with Gasteiger partial charge in [0.25, 0.3) is 5.91 Å². The summed E-state index contributed by atoms with van der Waals surface area (Å²) in [5.74, 6) is -0.620. The molecule has 0 aliphatic heterocycles. The fraction of sp³-hybridized carbons (Fsp3) is 0.143. The Labute approximate surface area is 162 Å². The molecular weight excluding hydrogens is 366 g/mol. The summed E-state index contributed by atoms with van der Waals surface area (Å²) in [5.41, 5.74) is 1.25. The average molecular weight is 384 g/mol. The van der Waals surface area contributed by atoms with Crippen LogP contribution in [0.25, 0.3) is 11.3 Å². The van der Waals surface area contributed by atoms with Gasteiger partial charge < -0.3 is 14.1 Å². The van der Waals surface area contributed by atoms with Crippen molar-refractivity contribution in [3.8, 4) is 11.3 Å². The van der Waals surface area contributed by atoms with Gasteiger partial charge in [-0.05, 0) is 24.3 Å². The monoisotopic (exact) mass is 383 g/mol. The van der Waals surface area contributed by atoms with E-state index in [-0.39, 0.29) is 11.7 Å². The number of likely N-dealkylation sites (N-methyl/N-ethyl adjacent to an activating group) is 1. The van der Waals surface area contributed by atoms with Crippen molar-refractivity contribution >= 4 is 23.5 Å². The number of esters is 1. The van der Waals surface area contributed by atoms with Crippen LogP contribution < -0.4 is 0 Å². The summed E-state index contributed by atoms with van der Waals surface area (Å²) < 4.78 is 11.1. The van der Waals surface area contributed by atoms with E-state index >= 15 is 0 Å². The van der Waals surface area contributed by atoms with E-state index in [1.165, 1.54) is 11.0 Å². The van der Waals surface area contributed by atoms with E-state index < -0.39 is 12.1 Å². The molecule has 138 valence electrons. The van der Waals surface area contributed by atoms with Gasteiger partial charge >= 0.3 is 5.97 Å². The number of ether oxygens (including phenoxy) is 1. The normalized spacial score (nSPS) is 11.7. The van der Waals surface area contributed by atoms with Gasteiger partial charge in [-0.15, -0.1) is 0 Å². The average Bonchev–Trinajstić information content (AvgIpc) is 3.16. The standard InChI is InChI=1S/C21H18ClNO4/c1-23(2)20(24)19(14-8-4-3-5-9-14)27-21(25)18-13-12-17(26-18)15-10-6-7-11-16(15)22/h3-13,19H,1-2H3/t19-/m1/s1. The van der Waals surface area contributed by atoms with Gasteiger partial charge in [-0.2, -0.15) is 0 Å². The zero-order valence-electron chi connectivity index (χ0n) is 14.9. The number of halogens is 1. The van der Waals surface area contributed by atoms with Gasteiger partial charge in [0, 0.05) is 25.2 Å². The SMILES string of the molecule is CN(C)C(=O)[C@H](OC(=O)c1ccc(-c2ccccc2Cl)o1)c1ccccc1. The van der Waals surface area contributed by atoms with Crippen LogP contribution in [0, 0.1) is 0 Å². The molecule has 27 heavy (non-hydrogen) atoms. The van der Waals surface area contributed by atoms with E-state index in [0.717, 1.165) is 0 Å². The number of hydrogen-bond acceptors (Lipinski definition) is 4. The predicted molar refractivity (Wildman–Crippen MR) is 102 cm³/mol. The molecule has 6 heteroatoms.